The van der Waals surface area contributed by atoms with Crippen molar-refractivity contribution in [3.8, 4) is 11.1 Å². The van der Waals surface area contributed by atoms with Crippen LogP contribution in [0.5, 0.6) is 0 Å². The largest absolute Gasteiger partial charge is 0.465 e. The molecule has 2 aromatic carbocycles. The molecule has 1 saturated heterocycles. The molecule has 0 spiro atoms. The first-order valence-corrected chi connectivity index (χ1v) is 8.52. The molecule has 0 bridgehead atoms. The van der Waals surface area contributed by atoms with Gasteiger partial charge >= 0.3 is 17.9 Å². The summed E-state index contributed by atoms with van der Waals surface area (Å²) in [6.07, 6.45) is 1.27. The number of hydrogen-bond acceptors (Lipinski definition) is 7. The molecule has 3 rings (SSSR count). The highest BCUT2D eigenvalue weighted by Gasteiger charge is 2.38. The fourth-order valence-corrected chi connectivity index (χ4v) is 2.69. The summed E-state index contributed by atoms with van der Waals surface area (Å²) in [5.41, 5.74) is 2.52. The minimum atomic E-state index is -1.29. The van der Waals surface area contributed by atoms with Crippen LogP contribution in [0.3, 0.4) is 0 Å². The number of hydrogen-bond donors (Lipinski definition) is 1. The molecule has 0 amide bonds. The van der Waals surface area contributed by atoms with Gasteiger partial charge in [0, 0.05) is 31.3 Å². The summed E-state index contributed by atoms with van der Waals surface area (Å²) < 4.78 is 14.8. The monoisotopic (exact) mass is 381 g/mol. The van der Waals surface area contributed by atoms with Crippen LogP contribution in [0.4, 0.5) is 5.69 Å². The number of carbonyl (C=O) groups is 3. The maximum Gasteiger partial charge on any atom is 0.350 e. The van der Waals surface area contributed by atoms with Crippen LogP contribution >= 0.6 is 0 Å². The second-order valence-corrected chi connectivity index (χ2v) is 6.50. The van der Waals surface area contributed by atoms with E-state index in [9.17, 15) is 14.4 Å². The Morgan fingerprint density at radius 3 is 2.21 bits per heavy atom. The van der Waals surface area contributed by atoms with Gasteiger partial charge in [0.1, 0.15) is 0 Å². The molecule has 0 saturated carbocycles. The lowest BCUT2D eigenvalue weighted by atomic mass is 10.0. The van der Waals surface area contributed by atoms with Gasteiger partial charge < -0.3 is 19.5 Å². The third-order valence-electron chi connectivity index (χ3n) is 4.03. The van der Waals surface area contributed by atoms with E-state index in [0.717, 1.165) is 11.1 Å². The number of cyclic esters (lactones) is 2. The summed E-state index contributed by atoms with van der Waals surface area (Å²) in [6, 6.07) is 14.2. The van der Waals surface area contributed by atoms with Crippen LogP contribution in [0.25, 0.3) is 11.1 Å². The quantitative estimate of drug-likeness (QED) is 0.494. The minimum Gasteiger partial charge on any atom is -0.465 e. The number of methoxy groups -OCH3 is 1. The Morgan fingerprint density at radius 1 is 1.00 bits per heavy atom. The summed E-state index contributed by atoms with van der Waals surface area (Å²) in [5.74, 6) is -3.22. The van der Waals surface area contributed by atoms with Gasteiger partial charge in [0.25, 0.3) is 5.79 Å². The third kappa shape index (κ3) is 4.03. The van der Waals surface area contributed by atoms with Crippen molar-refractivity contribution in [2.75, 3.05) is 12.4 Å². The van der Waals surface area contributed by atoms with Gasteiger partial charge in [0.05, 0.1) is 12.7 Å². The zero-order valence-corrected chi connectivity index (χ0v) is 15.6. The van der Waals surface area contributed by atoms with E-state index in [1.807, 2.05) is 18.2 Å². The number of nitrogens with one attached hydrogen (secondary N) is 1. The van der Waals surface area contributed by atoms with E-state index < -0.39 is 23.7 Å². The number of para-hydroxylation sites is 1. The second-order valence-electron chi connectivity index (χ2n) is 6.50. The van der Waals surface area contributed by atoms with Crippen LogP contribution in [0.2, 0.25) is 0 Å². The van der Waals surface area contributed by atoms with Crippen molar-refractivity contribution in [3.63, 3.8) is 0 Å². The van der Waals surface area contributed by atoms with Crippen molar-refractivity contribution >= 4 is 23.6 Å². The van der Waals surface area contributed by atoms with E-state index >= 15 is 0 Å². The second kappa shape index (κ2) is 7.56. The molecule has 2 aromatic rings. The highest BCUT2D eigenvalue weighted by Crippen LogP contribution is 2.29. The minimum absolute atomic E-state index is 0.227. The molecular weight excluding hydrogens is 362 g/mol. The number of carbonyl (C=O) groups excluding carboxylic acids is 3. The van der Waals surface area contributed by atoms with E-state index in [-0.39, 0.29) is 5.57 Å². The predicted molar refractivity (Wildman–Crippen MR) is 101 cm³/mol. The van der Waals surface area contributed by atoms with Gasteiger partial charge in [-0.05, 0) is 23.8 Å². The lowest BCUT2D eigenvalue weighted by Gasteiger charge is -2.29. The van der Waals surface area contributed by atoms with E-state index in [1.54, 1.807) is 30.3 Å². The molecule has 0 radical (unpaired) electrons. The molecule has 28 heavy (non-hydrogen) atoms. The molecular formula is C21H19NO6. The summed E-state index contributed by atoms with van der Waals surface area (Å²) in [6.45, 7) is 2.97. The maximum atomic E-state index is 12.1. The van der Waals surface area contributed by atoms with Crippen molar-refractivity contribution < 1.29 is 28.6 Å². The van der Waals surface area contributed by atoms with Crippen LogP contribution in [0.15, 0.2) is 60.3 Å². The first kappa shape index (κ1) is 19.2. The van der Waals surface area contributed by atoms with Gasteiger partial charge in [-0.25, -0.2) is 14.4 Å². The zero-order valence-electron chi connectivity index (χ0n) is 15.6. The first-order chi connectivity index (χ1) is 13.3. The Kier molecular flexibility index (Phi) is 5.17. The van der Waals surface area contributed by atoms with Gasteiger partial charge in [-0.15, -0.1) is 0 Å². The van der Waals surface area contributed by atoms with E-state index in [1.165, 1.54) is 27.2 Å². The summed E-state index contributed by atoms with van der Waals surface area (Å²) >= 11 is 0. The lowest BCUT2D eigenvalue weighted by molar-refractivity contribution is -0.222. The van der Waals surface area contributed by atoms with Crippen molar-refractivity contribution in [1.82, 2.24) is 0 Å². The van der Waals surface area contributed by atoms with E-state index in [2.05, 4.69) is 5.32 Å². The van der Waals surface area contributed by atoms with Crippen LogP contribution in [0, 0.1) is 0 Å². The molecule has 1 N–H and O–H groups in total. The zero-order chi connectivity index (χ0) is 20.3. The number of esters is 3. The first-order valence-electron chi connectivity index (χ1n) is 8.52. The van der Waals surface area contributed by atoms with Crippen molar-refractivity contribution in [2.24, 2.45) is 0 Å². The van der Waals surface area contributed by atoms with Gasteiger partial charge in [-0.2, -0.15) is 0 Å². The Bertz CT molecular complexity index is 937. The van der Waals surface area contributed by atoms with Crippen molar-refractivity contribution in [3.05, 3.63) is 65.9 Å². The fourth-order valence-electron chi connectivity index (χ4n) is 2.69. The number of rotatable bonds is 4. The maximum absolute atomic E-state index is 12.1. The Labute approximate surface area is 161 Å². The molecule has 7 nitrogen and oxygen atoms in total. The standard InChI is InChI=1S/C21H19NO6/c1-21(2)27-19(24)16(20(25)28-21)12-22-17-7-5-4-6-15(17)13-8-10-14(11-9-13)18(23)26-3/h4-12,22H,1-3H3. The van der Waals surface area contributed by atoms with Crippen LogP contribution in [-0.4, -0.2) is 30.8 Å². The van der Waals surface area contributed by atoms with Crippen LogP contribution in [-0.2, 0) is 23.8 Å². The van der Waals surface area contributed by atoms with E-state index in [0.29, 0.717) is 11.3 Å². The predicted octanol–water partition coefficient (Wildman–Crippen LogP) is 3.27. The molecule has 0 aliphatic carbocycles. The van der Waals surface area contributed by atoms with Gasteiger partial charge in [-0.3, -0.25) is 0 Å². The average molecular weight is 381 g/mol. The van der Waals surface area contributed by atoms with Crippen molar-refractivity contribution in [1.29, 1.82) is 0 Å². The molecule has 7 heteroatoms. The highest BCUT2D eigenvalue weighted by atomic mass is 16.7. The van der Waals surface area contributed by atoms with E-state index in [4.69, 9.17) is 14.2 Å². The number of anilines is 1. The van der Waals surface area contributed by atoms with Gasteiger partial charge in [-0.1, -0.05) is 30.3 Å². The molecule has 144 valence electrons. The highest BCUT2D eigenvalue weighted by molar-refractivity contribution is 6.15. The molecule has 1 aliphatic heterocycles. The normalized spacial score (nSPS) is 15.3. The summed E-state index contributed by atoms with van der Waals surface area (Å²) in [4.78, 5) is 35.7. The number of benzene rings is 2. The van der Waals surface area contributed by atoms with Crippen molar-refractivity contribution in [2.45, 2.75) is 19.6 Å². The summed E-state index contributed by atoms with van der Waals surface area (Å²) in [7, 11) is 1.32. The summed E-state index contributed by atoms with van der Waals surface area (Å²) in [5, 5.41) is 2.96. The molecule has 0 atom stereocenters. The van der Waals surface area contributed by atoms with Crippen LogP contribution < -0.4 is 5.32 Å². The Hall–Kier alpha value is -3.61. The number of ether oxygens (including phenoxy) is 3. The molecule has 0 aromatic heterocycles. The average Bonchev–Trinajstić information content (AvgIpc) is 2.66. The molecule has 1 aliphatic rings. The SMILES string of the molecule is COC(=O)c1ccc(-c2ccccc2NC=C2C(=O)OC(C)(C)OC2=O)cc1. The topological polar surface area (TPSA) is 90.9 Å². The van der Waals surface area contributed by atoms with Gasteiger partial charge in [0.15, 0.2) is 5.57 Å². The molecule has 1 heterocycles. The Balaban J connectivity index is 1.86. The molecule has 0 unspecified atom stereocenters. The third-order valence-corrected chi connectivity index (χ3v) is 4.03. The van der Waals surface area contributed by atoms with Crippen LogP contribution in [0.1, 0.15) is 24.2 Å². The Morgan fingerprint density at radius 2 is 1.61 bits per heavy atom. The fraction of sp³-hybridized carbons (Fsp3) is 0.190. The smallest absolute Gasteiger partial charge is 0.350 e. The molecule has 1 fully saturated rings. The lowest BCUT2D eigenvalue weighted by Crippen LogP contribution is -2.42. The van der Waals surface area contributed by atoms with Gasteiger partial charge in [0.2, 0.25) is 0 Å².